The van der Waals surface area contributed by atoms with Gasteiger partial charge in [-0.1, -0.05) is 0 Å². The fourth-order valence-corrected chi connectivity index (χ4v) is 4.12. The Morgan fingerprint density at radius 1 is 1.03 bits per heavy atom. The number of carbonyl (C=O) groups is 1. The first-order valence-electron chi connectivity index (χ1n) is 11.5. The van der Waals surface area contributed by atoms with Crippen molar-refractivity contribution in [2.45, 2.75) is 77.0 Å². The van der Waals surface area contributed by atoms with Crippen LogP contribution in [0.1, 0.15) is 59.3 Å². The average molecular weight is 426 g/mol. The molecule has 3 N–H and O–H groups in total. The predicted octanol–water partition coefficient (Wildman–Crippen LogP) is 2.35. The first-order valence-corrected chi connectivity index (χ1v) is 11.5. The zero-order chi connectivity index (χ0) is 22.0. The summed E-state index contributed by atoms with van der Waals surface area (Å²) in [6.07, 6.45) is 6.05. The Kier molecular flexibility index (Phi) is 10.2. The Labute approximate surface area is 182 Å². The monoisotopic (exact) mass is 425 g/mol. The van der Waals surface area contributed by atoms with E-state index in [0.717, 1.165) is 64.4 Å². The van der Waals surface area contributed by atoms with Gasteiger partial charge in [-0.05, 0) is 78.3 Å². The molecule has 0 spiro atoms. The van der Waals surface area contributed by atoms with E-state index in [9.17, 15) is 4.79 Å². The van der Waals surface area contributed by atoms with Crippen molar-refractivity contribution in [2.75, 3.05) is 46.9 Å². The first kappa shape index (κ1) is 24.7. The molecule has 0 radical (unpaired) electrons. The molecule has 1 heterocycles. The van der Waals surface area contributed by atoms with E-state index in [4.69, 9.17) is 9.47 Å². The minimum Gasteiger partial charge on any atom is -0.444 e. The van der Waals surface area contributed by atoms with Crippen LogP contribution in [0.2, 0.25) is 0 Å². The largest absolute Gasteiger partial charge is 0.444 e. The van der Waals surface area contributed by atoms with Gasteiger partial charge < -0.3 is 30.3 Å². The molecule has 1 aliphatic heterocycles. The van der Waals surface area contributed by atoms with Gasteiger partial charge in [-0.2, -0.15) is 0 Å². The summed E-state index contributed by atoms with van der Waals surface area (Å²) < 4.78 is 10.5. The van der Waals surface area contributed by atoms with E-state index in [1.165, 1.54) is 12.8 Å². The lowest BCUT2D eigenvalue weighted by atomic mass is 9.91. The molecule has 0 bridgehead atoms. The van der Waals surface area contributed by atoms with Crippen molar-refractivity contribution in [1.82, 2.24) is 20.9 Å². The smallest absolute Gasteiger partial charge is 0.407 e. The minimum absolute atomic E-state index is 0.191. The van der Waals surface area contributed by atoms with Gasteiger partial charge in [0.1, 0.15) is 5.60 Å². The predicted molar refractivity (Wildman–Crippen MR) is 121 cm³/mol. The molecule has 0 aromatic carbocycles. The summed E-state index contributed by atoms with van der Waals surface area (Å²) in [6, 6.07) is 0.583. The van der Waals surface area contributed by atoms with E-state index >= 15 is 0 Å². The second-order valence-electron chi connectivity index (χ2n) is 9.57. The van der Waals surface area contributed by atoms with Gasteiger partial charge in [-0.25, -0.2) is 4.79 Å². The highest BCUT2D eigenvalue weighted by atomic mass is 16.6. The highest BCUT2D eigenvalue weighted by Crippen LogP contribution is 2.20. The van der Waals surface area contributed by atoms with Crippen LogP contribution in [0.25, 0.3) is 0 Å². The summed E-state index contributed by atoms with van der Waals surface area (Å²) in [5.74, 6) is 1.58. The highest BCUT2D eigenvalue weighted by Gasteiger charge is 2.25. The maximum Gasteiger partial charge on any atom is 0.407 e. The van der Waals surface area contributed by atoms with Crippen LogP contribution in [0.4, 0.5) is 4.79 Å². The Bertz CT molecular complexity index is 533. The fourth-order valence-electron chi connectivity index (χ4n) is 4.12. The Morgan fingerprint density at radius 2 is 1.63 bits per heavy atom. The molecule has 174 valence electrons. The number of amides is 1. The van der Waals surface area contributed by atoms with Crippen LogP contribution in [0, 0.1) is 5.92 Å². The van der Waals surface area contributed by atoms with Crippen LogP contribution in [-0.2, 0) is 9.47 Å². The van der Waals surface area contributed by atoms with Crippen LogP contribution in [0.15, 0.2) is 4.99 Å². The summed E-state index contributed by atoms with van der Waals surface area (Å²) in [4.78, 5) is 18.8. The van der Waals surface area contributed by atoms with E-state index in [1.54, 1.807) is 7.11 Å². The molecule has 0 aromatic rings. The third-order valence-corrected chi connectivity index (χ3v) is 5.89. The minimum atomic E-state index is -0.457. The Hall–Kier alpha value is -1.54. The molecule has 8 heteroatoms. The molecule has 1 saturated carbocycles. The lowest BCUT2D eigenvalue weighted by Crippen LogP contribution is -2.49. The molecular formula is C22H43N5O3. The SMILES string of the molecule is CN=C(NCC1CCN(CCOC)CC1)NC1CCC(NC(=O)OC(C)(C)C)CC1. The van der Waals surface area contributed by atoms with Gasteiger partial charge in [0.05, 0.1) is 6.61 Å². The van der Waals surface area contributed by atoms with E-state index in [0.29, 0.717) is 12.0 Å². The molecule has 2 rings (SSSR count). The summed E-state index contributed by atoms with van der Waals surface area (Å²) in [7, 11) is 3.59. The second kappa shape index (κ2) is 12.3. The standard InChI is InChI=1S/C22H43N5O3/c1-22(2,3)30-21(28)26-19-8-6-18(7-9-19)25-20(23-4)24-16-17-10-12-27(13-11-17)14-15-29-5/h17-19H,6-16H2,1-5H3,(H,26,28)(H2,23,24,25). The lowest BCUT2D eigenvalue weighted by molar-refractivity contribution is 0.0490. The Morgan fingerprint density at radius 3 is 2.17 bits per heavy atom. The number of methoxy groups -OCH3 is 1. The highest BCUT2D eigenvalue weighted by molar-refractivity contribution is 5.80. The summed E-state index contributed by atoms with van der Waals surface area (Å²) in [6.45, 7) is 10.8. The van der Waals surface area contributed by atoms with E-state index in [2.05, 4.69) is 25.8 Å². The molecule has 8 nitrogen and oxygen atoms in total. The third-order valence-electron chi connectivity index (χ3n) is 5.89. The summed E-state index contributed by atoms with van der Waals surface area (Å²) >= 11 is 0. The van der Waals surface area contributed by atoms with Crippen molar-refractivity contribution < 1.29 is 14.3 Å². The Balaban J connectivity index is 1.62. The van der Waals surface area contributed by atoms with Gasteiger partial charge in [0.15, 0.2) is 5.96 Å². The number of guanidine groups is 1. The number of hydrogen-bond donors (Lipinski definition) is 3. The van der Waals surface area contributed by atoms with Crippen LogP contribution in [-0.4, -0.2) is 81.6 Å². The quantitative estimate of drug-likeness (QED) is 0.429. The molecule has 0 unspecified atom stereocenters. The lowest BCUT2D eigenvalue weighted by Gasteiger charge is -2.33. The third kappa shape index (κ3) is 9.51. The molecule has 1 aliphatic carbocycles. The average Bonchev–Trinajstić information content (AvgIpc) is 2.70. The van der Waals surface area contributed by atoms with Gasteiger partial charge in [0.2, 0.25) is 0 Å². The summed E-state index contributed by atoms with van der Waals surface area (Å²) in [5.41, 5.74) is -0.457. The number of likely N-dealkylation sites (tertiary alicyclic amines) is 1. The molecular weight excluding hydrogens is 382 g/mol. The molecule has 1 saturated heterocycles. The molecule has 0 atom stereocenters. The van der Waals surface area contributed by atoms with Gasteiger partial charge in [-0.15, -0.1) is 0 Å². The maximum atomic E-state index is 12.0. The molecule has 2 aliphatic rings. The van der Waals surface area contributed by atoms with Crippen molar-refractivity contribution in [3.8, 4) is 0 Å². The van der Waals surface area contributed by atoms with Gasteiger partial charge in [-0.3, -0.25) is 4.99 Å². The molecule has 1 amide bonds. The van der Waals surface area contributed by atoms with Gasteiger partial charge >= 0.3 is 6.09 Å². The number of alkyl carbamates (subject to hydrolysis) is 1. The topological polar surface area (TPSA) is 87.2 Å². The number of piperidine rings is 1. The number of rotatable bonds is 7. The number of hydrogen-bond acceptors (Lipinski definition) is 5. The number of nitrogens with one attached hydrogen (secondary N) is 3. The number of nitrogens with zero attached hydrogens (tertiary/aromatic N) is 2. The van der Waals surface area contributed by atoms with Crippen molar-refractivity contribution >= 4 is 12.1 Å². The first-order chi connectivity index (χ1) is 14.3. The molecule has 0 aromatic heterocycles. The van der Waals surface area contributed by atoms with Crippen molar-refractivity contribution in [3.05, 3.63) is 0 Å². The van der Waals surface area contributed by atoms with Crippen LogP contribution < -0.4 is 16.0 Å². The fraction of sp³-hybridized carbons (Fsp3) is 0.909. The van der Waals surface area contributed by atoms with Crippen molar-refractivity contribution in [3.63, 3.8) is 0 Å². The maximum absolute atomic E-state index is 12.0. The van der Waals surface area contributed by atoms with Gasteiger partial charge in [0, 0.05) is 39.3 Å². The summed E-state index contributed by atoms with van der Waals surface area (Å²) in [5, 5.41) is 10.1. The van der Waals surface area contributed by atoms with Crippen LogP contribution >= 0.6 is 0 Å². The second-order valence-corrected chi connectivity index (χ2v) is 9.57. The number of ether oxygens (including phenoxy) is 2. The molecule has 30 heavy (non-hydrogen) atoms. The number of aliphatic imine (C=N–C) groups is 1. The van der Waals surface area contributed by atoms with Crippen molar-refractivity contribution in [2.24, 2.45) is 10.9 Å². The van der Waals surface area contributed by atoms with Crippen LogP contribution in [0.5, 0.6) is 0 Å². The van der Waals surface area contributed by atoms with Crippen molar-refractivity contribution in [1.29, 1.82) is 0 Å². The molecule has 2 fully saturated rings. The number of carbonyl (C=O) groups excluding carboxylic acids is 1. The normalized spacial score (nSPS) is 24.4. The van der Waals surface area contributed by atoms with E-state index < -0.39 is 5.60 Å². The van der Waals surface area contributed by atoms with E-state index in [1.807, 2.05) is 27.8 Å². The van der Waals surface area contributed by atoms with E-state index in [-0.39, 0.29) is 12.1 Å². The zero-order valence-electron chi connectivity index (χ0n) is 19.6. The van der Waals surface area contributed by atoms with Crippen LogP contribution in [0.3, 0.4) is 0 Å². The zero-order valence-corrected chi connectivity index (χ0v) is 19.6. The van der Waals surface area contributed by atoms with Gasteiger partial charge in [0.25, 0.3) is 0 Å².